The van der Waals surface area contributed by atoms with Crippen LogP contribution in [0.25, 0.3) is 10.2 Å². The number of hydrogen-bond donors (Lipinski definition) is 4. The van der Waals surface area contributed by atoms with Crippen LogP contribution in [0.1, 0.15) is 41.2 Å². The Morgan fingerprint density at radius 1 is 1.24 bits per heavy atom. The van der Waals surface area contributed by atoms with Crippen LogP contribution in [0.3, 0.4) is 0 Å². The Bertz CT molecular complexity index is 1310. The average Bonchev–Trinajstić information content (AvgIpc) is 3.38. The van der Waals surface area contributed by atoms with Gasteiger partial charge >= 0.3 is 0 Å². The molecule has 0 spiro atoms. The van der Waals surface area contributed by atoms with Crippen LogP contribution in [0.2, 0.25) is 0 Å². The summed E-state index contributed by atoms with van der Waals surface area (Å²) in [7, 11) is 0. The number of amides is 1. The molecule has 1 aliphatic rings. The lowest BCUT2D eigenvalue weighted by atomic mass is 9.97. The summed E-state index contributed by atoms with van der Waals surface area (Å²) >= 11 is 3.11. The van der Waals surface area contributed by atoms with Gasteiger partial charge in [0.15, 0.2) is 5.13 Å². The highest BCUT2D eigenvalue weighted by Gasteiger charge is 2.25. The van der Waals surface area contributed by atoms with Gasteiger partial charge in [0.25, 0.3) is 5.91 Å². The van der Waals surface area contributed by atoms with E-state index in [2.05, 4.69) is 30.9 Å². The SMILES string of the molecule is CC(C)Nc1cc(Nc2ccc3ncsc3c2)ncc1C(=O)NC1CCc2nc(N)sc2C1. The highest BCUT2D eigenvalue weighted by molar-refractivity contribution is 7.16. The van der Waals surface area contributed by atoms with Gasteiger partial charge < -0.3 is 21.7 Å². The number of benzene rings is 1. The molecule has 3 aromatic heterocycles. The summed E-state index contributed by atoms with van der Waals surface area (Å²) in [4.78, 5) is 27.5. The summed E-state index contributed by atoms with van der Waals surface area (Å²) in [5.41, 5.74) is 11.9. The minimum absolute atomic E-state index is 0.0562. The summed E-state index contributed by atoms with van der Waals surface area (Å²) in [6, 6.07) is 8.11. The molecule has 1 aliphatic carbocycles. The van der Waals surface area contributed by atoms with Crippen LogP contribution in [0.15, 0.2) is 36.0 Å². The first-order valence-electron chi connectivity index (χ1n) is 10.9. The molecule has 0 saturated carbocycles. The van der Waals surface area contributed by atoms with Gasteiger partial charge in [-0.05, 0) is 44.9 Å². The van der Waals surface area contributed by atoms with Crippen molar-refractivity contribution in [1.82, 2.24) is 20.3 Å². The molecule has 5 N–H and O–H groups in total. The van der Waals surface area contributed by atoms with Crippen LogP contribution in [0, 0.1) is 0 Å². The van der Waals surface area contributed by atoms with E-state index < -0.39 is 0 Å². The maximum atomic E-state index is 13.2. The number of carbonyl (C=O) groups excluding carboxylic acids is 1. The summed E-state index contributed by atoms with van der Waals surface area (Å²) in [5.74, 6) is 0.537. The Labute approximate surface area is 199 Å². The Morgan fingerprint density at radius 2 is 2.12 bits per heavy atom. The summed E-state index contributed by atoms with van der Waals surface area (Å²) in [6.45, 7) is 4.09. The Hall–Kier alpha value is -3.24. The third-order valence-corrected chi connectivity index (χ3v) is 7.23. The van der Waals surface area contributed by atoms with E-state index in [1.54, 1.807) is 17.5 Å². The molecule has 8 nitrogen and oxygen atoms in total. The number of nitrogens with one attached hydrogen (secondary N) is 3. The van der Waals surface area contributed by atoms with E-state index >= 15 is 0 Å². The standard InChI is InChI=1S/C23H25N7OS2/c1-12(2)27-18-9-21(28-13-3-5-16-19(7-13)32-11-26-16)25-10-15(18)22(31)29-14-4-6-17-20(8-14)33-23(24)30-17/h3,5,7,9-12,14H,4,6,8H2,1-2H3,(H2,24,30)(H,29,31)(H2,25,27,28). The van der Waals surface area contributed by atoms with Crippen LogP contribution in [0.4, 0.5) is 22.3 Å². The Balaban J connectivity index is 1.34. The molecule has 10 heteroatoms. The molecule has 1 amide bonds. The van der Waals surface area contributed by atoms with E-state index in [0.29, 0.717) is 16.5 Å². The molecular formula is C23H25N7OS2. The van der Waals surface area contributed by atoms with Gasteiger partial charge in [-0.2, -0.15) is 0 Å². The molecule has 0 aliphatic heterocycles. The lowest BCUT2D eigenvalue weighted by Crippen LogP contribution is -2.39. The quantitative estimate of drug-likeness (QED) is 0.320. The minimum atomic E-state index is -0.130. The first-order valence-corrected chi connectivity index (χ1v) is 12.6. The first kappa shape index (κ1) is 21.6. The van der Waals surface area contributed by atoms with Gasteiger partial charge in [-0.25, -0.2) is 15.0 Å². The fraction of sp³-hybridized carbons (Fsp3) is 0.304. The molecule has 3 heterocycles. The lowest BCUT2D eigenvalue weighted by Gasteiger charge is -2.23. The normalized spacial score (nSPS) is 15.4. The van der Waals surface area contributed by atoms with E-state index in [1.807, 2.05) is 43.6 Å². The number of nitrogens with two attached hydrogens (primary N) is 1. The largest absolute Gasteiger partial charge is 0.382 e. The zero-order chi connectivity index (χ0) is 22.9. The number of anilines is 4. The van der Waals surface area contributed by atoms with Gasteiger partial charge in [-0.3, -0.25) is 4.79 Å². The Morgan fingerprint density at radius 3 is 2.97 bits per heavy atom. The van der Waals surface area contributed by atoms with Crippen LogP contribution < -0.4 is 21.7 Å². The van der Waals surface area contributed by atoms with Crippen LogP contribution in [-0.4, -0.2) is 32.9 Å². The smallest absolute Gasteiger partial charge is 0.255 e. The van der Waals surface area contributed by atoms with Crippen molar-refractivity contribution in [3.05, 3.63) is 52.1 Å². The molecule has 0 radical (unpaired) electrons. The number of pyridine rings is 1. The van der Waals surface area contributed by atoms with Crippen molar-refractivity contribution in [1.29, 1.82) is 0 Å². The summed E-state index contributed by atoms with van der Waals surface area (Å²) in [5, 5.41) is 10.5. The molecule has 1 atom stereocenters. The van der Waals surface area contributed by atoms with Crippen molar-refractivity contribution >= 4 is 61.1 Å². The fourth-order valence-electron chi connectivity index (χ4n) is 4.00. The highest BCUT2D eigenvalue weighted by Crippen LogP contribution is 2.29. The number of carbonyl (C=O) groups is 1. The lowest BCUT2D eigenvalue weighted by molar-refractivity contribution is 0.0934. The number of nitrogen functional groups attached to an aromatic ring is 1. The molecule has 0 saturated heterocycles. The second-order valence-electron chi connectivity index (χ2n) is 8.41. The van der Waals surface area contributed by atoms with E-state index in [-0.39, 0.29) is 18.0 Å². The number of fused-ring (bicyclic) bond motifs is 2. The number of aryl methyl sites for hydroxylation is 1. The molecule has 5 rings (SSSR count). The number of rotatable bonds is 6. The average molecular weight is 480 g/mol. The minimum Gasteiger partial charge on any atom is -0.382 e. The third-order valence-electron chi connectivity index (χ3n) is 5.49. The molecule has 170 valence electrons. The van der Waals surface area contributed by atoms with Crippen molar-refractivity contribution in [2.45, 2.75) is 45.2 Å². The van der Waals surface area contributed by atoms with Gasteiger partial charge in [-0.1, -0.05) is 0 Å². The highest BCUT2D eigenvalue weighted by atomic mass is 32.1. The number of nitrogens with zero attached hydrogens (tertiary/aromatic N) is 3. The van der Waals surface area contributed by atoms with Gasteiger partial charge in [0.2, 0.25) is 0 Å². The summed E-state index contributed by atoms with van der Waals surface area (Å²) < 4.78 is 1.11. The van der Waals surface area contributed by atoms with E-state index in [1.165, 1.54) is 16.2 Å². The monoisotopic (exact) mass is 479 g/mol. The molecule has 4 aromatic rings. The van der Waals surface area contributed by atoms with Crippen LogP contribution >= 0.6 is 22.7 Å². The zero-order valence-electron chi connectivity index (χ0n) is 18.4. The van der Waals surface area contributed by atoms with Gasteiger partial charge in [0.1, 0.15) is 5.82 Å². The maximum absolute atomic E-state index is 13.2. The van der Waals surface area contributed by atoms with Crippen molar-refractivity contribution in [2.24, 2.45) is 0 Å². The van der Waals surface area contributed by atoms with Crippen molar-refractivity contribution in [3.8, 4) is 0 Å². The van der Waals surface area contributed by atoms with Gasteiger partial charge in [0.05, 0.1) is 32.7 Å². The van der Waals surface area contributed by atoms with E-state index in [9.17, 15) is 4.79 Å². The molecule has 1 unspecified atom stereocenters. The van der Waals surface area contributed by atoms with Gasteiger partial charge in [-0.15, -0.1) is 22.7 Å². The number of thiazole rings is 2. The molecule has 33 heavy (non-hydrogen) atoms. The predicted molar refractivity (Wildman–Crippen MR) is 136 cm³/mol. The molecule has 0 bridgehead atoms. The fourth-order valence-corrected chi connectivity index (χ4v) is 5.67. The van der Waals surface area contributed by atoms with E-state index in [0.717, 1.165) is 46.5 Å². The van der Waals surface area contributed by atoms with Crippen molar-refractivity contribution in [3.63, 3.8) is 0 Å². The number of aromatic nitrogens is 3. The van der Waals surface area contributed by atoms with E-state index in [4.69, 9.17) is 5.73 Å². The van der Waals surface area contributed by atoms with Gasteiger partial charge in [0, 0.05) is 41.3 Å². The van der Waals surface area contributed by atoms with Crippen LogP contribution in [0.5, 0.6) is 0 Å². The van der Waals surface area contributed by atoms with Crippen LogP contribution in [-0.2, 0) is 12.8 Å². The second-order valence-corrected chi connectivity index (χ2v) is 10.4. The zero-order valence-corrected chi connectivity index (χ0v) is 20.0. The predicted octanol–water partition coefficient (Wildman–Crippen LogP) is 4.58. The summed E-state index contributed by atoms with van der Waals surface area (Å²) in [6.07, 6.45) is 4.07. The molecule has 0 fully saturated rings. The maximum Gasteiger partial charge on any atom is 0.255 e. The topological polar surface area (TPSA) is 118 Å². The number of hydrogen-bond acceptors (Lipinski definition) is 9. The molecular weight excluding hydrogens is 454 g/mol. The second kappa shape index (κ2) is 8.95. The Kier molecular flexibility index (Phi) is 5.86. The van der Waals surface area contributed by atoms with Crippen molar-refractivity contribution < 1.29 is 4.79 Å². The third kappa shape index (κ3) is 4.76. The first-order chi connectivity index (χ1) is 15.9. The van der Waals surface area contributed by atoms with Crippen molar-refractivity contribution in [2.75, 3.05) is 16.4 Å². The molecule has 1 aromatic carbocycles.